The highest BCUT2D eigenvalue weighted by atomic mass is 16.3. The molecule has 20 heavy (non-hydrogen) atoms. The average Bonchev–Trinajstić information content (AvgIpc) is 2.39. The summed E-state index contributed by atoms with van der Waals surface area (Å²) in [6.07, 6.45) is 1.54. The molecule has 6 heteroatoms. The first-order valence-electron chi connectivity index (χ1n) is 7.10. The van der Waals surface area contributed by atoms with E-state index in [9.17, 15) is 9.59 Å². The minimum Gasteiger partial charge on any atom is -0.396 e. The van der Waals surface area contributed by atoms with E-state index in [0.717, 1.165) is 6.42 Å². The molecule has 118 valence electrons. The Kier molecular flexibility index (Phi) is 8.41. The molecule has 0 spiro atoms. The van der Waals surface area contributed by atoms with Crippen LogP contribution in [0.2, 0.25) is 0 Å². The molecule has 6 nitrogen and oxygen atoms in total. The maximum atomic E-state index is 11.6. The van der Waals surface area contributed by atoms with Gasteiger partial charge in [0, 0.05) is 13.2 Å². The topological polar surface area (TPSA) is 104 Å². The second kappa shape index (κ2) is 8.92. The molecule has 0 aliphatic rings. The summed E-state index contributed by atoms with van der Waals surface area (Å²) in [5.74, 6) is -0.503. The molecule has 0 aromatic heterocycles. The van der Waals surface area contributed by atoms with Crippen molar-refractivity contribution in [3.63, 3.8) is 0 Å². The van der Waals surface area contributed by atoms with E-state index < -0.39 is 6.04 Å². The lowest BCUT2D eigenvalue weighted by Gasteiger charge is -2.24. The van der Waals surface area contributed by atoms with Crippen molar-refractivity contribution in [1.82, 2.24) is 10.6 Å². The summed E-state index contributed by atoms with van der Waals surface area (Å²) in [6, 6.07) is -0.594. The van der Waals surface area contributed by atoms with Crippen molar-refractivity contribution in [3.05, 3.63) is 0 Å². The number of carbonyl (C=O) groups is 2. The third-order valence-electron chi connectivity index (χ3n) is 3.22. The van der Waals surface area contributed by atoms with E-state index >= 15 is 0 Å². The number of amides is 2. The number of aliphatic hydroxyl groups is 1. The zero-order valence-electron chi connectivity index (χ0n) is 13.0. The van der Waals surface area contributed by atoms with Crippen LogP contribution < -0.4 is 16.4 Å². The third kappa shape index (κ3) is 8.12. The third-order valence-corrected chi connectivity index (χ3v) is 3.22. The average molecular weight is 287 g/mol. The Morgan fingerprint density at radius 2 is 1.85 bits per heavy atom. The van der Waals surface area contributed by atoms with Crippen molar-refractivity contribution in [2.24, 2.45) is 17.1 Å². The normalized spacial score (nSPS) is 13.2. The molecule has 1 atom stereocenters. The molecular formula is C14H29N3O3. The van der Waals surface area contributed by atoms with Crippen LogP contribution in [-0.4, -0.2) is 42.7 Å². The van der Waals surface area contributed by atoms with Crippen molar-refractivity contribution >= 4 is 11.8 Å². The number of hydrogen-bond acceptors (Lipinski definition) is 4. The molecule has 0 bridgehead atoms. The van der Waals surface area contributed by atoms with Crippen LogP contribution in [0.15, 0.2) is 0 Å². The van der Waals surface area contributed by atoms with Gasteiger partial charge in [-0.15, -0.1) is 0 Å². The van der Waals surface area contributed by atoms with Crippen molar-refractivity contribution in [2.75, 3.05) is 19.7 Å². The second-order valence-corrected chi connectivity index (χ2v) is 6.26. The Hall–Kier alpha value is -1.14. The molecule has 0 fully saturated rings. The van der Waals surface area contributed by atoms with Gasteiger partial charge in [0.15, 0.2) is 0 Å². The van der Waals surface area contributed by atoms with Crippen molar-refractivity contribution in [3.8, 4) is 0 Å². The van der Waals surface area contributed by atoms with Gasteiger partial charge in [0.05, 0.1) is 12.6 Å². The van der Waals surface area contributed by atoms with Gasteiger partial charge in [0.25, 0.3) is 0 Å². The van der Waals surface area contributed by atoms with Gasteiger partial charge in [0.1, 0.15) is 0 Å². The van der Waals surface area contributed by atoms with E-state index in [1.165, 1.54) is 0 Å². The van der Waals surface area contributed by atoms with Crippen molar-refractivity contribution < 1.29 is 14.7 Å². The van der Waals surface area contributed by atoms with Gasteiger partial charge in [-0.1, -0.05) is 27.7 Å². The fourth-order valence-electron chi connectivity index (χ4n) is 1.63. The predicted octanol–water partition coefficient (Wildman–Crippen LogP) is 0.000800. The molecular weight excluding hydrogens is 258 g/mol. The van der Waals surface area contributed by atoms with E-state index in [1.54, 1.807) is 0 Å². The molecule has 0 saturated carbocycles. The number of nitrogens with one attached hydrogen (secondary N) is 2. The lowest BCUT2D eigenvalue weighted by atomic mass is 9.88. The quantitative estimate of drug-likeness (QED) is 0.479. The molecule has 0 aromatic carbocycles. The smallest absolute Gasteiger partial charge is 0.239 e. The predicted molar refractivity (Wildman–Crippen MR) is 78.9 cm³/mol. The largest absolute Gasteiger partial charge is 0.396 e. The SMILES string of the molecule is CC(C)[C@H](N)C(=O)NCC(=O)NCC(C)(C)CCCO. The maximum absolute atomic E-state index is 11.6. The first-order valence-corrected chi connectivity index (χ1v) is 7.10. The van der Waals surface area contributed by atoms with Crippen LogP contribution >= 0.6 is 0 Å². The summed E-state index contributed by atoms with van der Waals surface area (Å²) in [7, 11) is 0. The van der Waals surface area contributed by atoms with Crippen LogP contribution in [0.4, 0.5) is 0 Å². The molecule has 0 aromatic rings. The first kappa shape index (κ1) is 18.9. The minimum absolute atomic E-state index is 0.0375. The Labute approximate surface area is 121 Å². The number of hydrogen-bond donors (Lipinski definition) is 4. The summed E-state index contributed by atoms with van der Waals surface area (Å²) in [5, 5.41) is 14.1. The number of aliphatic hydroxyl groups excluding tert-OH is 1. The maximum Gasteiger partial charge on any atom is 0.239 e. The monoisotopic (exact) mass is 287 g/mol. The highest BCUT2D eigenvalue weighted by Gasteiger charge is 2.20. The van der Waals surface area contributed by atoms with E-state index in [2.05, 4.69) is 10.6 Å². The molecule has 0 saturated heterocycles. The summed E-state index contributed by atoms with van der Waals surface area (Å²) in [6.45, 7) is 8.36. The fraction of sp³-hybridized carbons (Fsp3) is 0.857. The lowest BCUT2D eigenvalue weighted by Crippen LogP contribution is -2.48. The van der Waals surface area contributed by atoms with Crippen LogP contribution in [0.1, 0.15) is 40.5 Å². The summed E-state index contributed by atoms with van der Waals surface area (Å²) < 4.78 is 0. The Morgan fingerprint density at radius 3 is 2.35 bits per heavy atom. The van der Waals surface area contributed by atoms with Crippen LogP contribution in [0.3, 0.4) is 0 Å². The molecule has 0 aliphatic heterocycles. The van der Waals surface area contributed by atoms with Gasteiger partial charge in [-0.3, -0.25) is 9.59 Å². The summed E-state index contributed by atoms with van der Waals surface area (Å²) >= 11 is 0. The molecule has 0 rings (SSSR count). The summed E-state index contributed by atoms with van der Waals surface area (Å²) in [4.78, 5) is 23.2. The van der Waals surface area contributed by atoms with Gasteiger partial charge in [-0.05, 0) is 24.2 Å². The van der Waals surface area contributed by atoms with E-state index in [0.29, 0.717) is 13.0 Å². The molecule has 2 amide bonds. The van der Waals surface area contributed by atoms with Crippen molar-refractivity contribution in [2.45, 2.75) is 46.6 Å². The van der Waals surface area contributed by atoms with Crippen LogP contribution in [0.5, 0.6) is 0 Å². The van der Waals surface area contributed by atoms with Crippen LogP contribution in [0.25, 0.3) is 0 Å². The van der Waals surface area contributed by atoms with Crippen LogP contribution in [-0.2, 0) is 9.59 Å². The van der Waals surface area contributed by atoms with E-state index in [4.69, 9.17) is 10.8 Å². The van der Waals surface area contributed by atoms with Gasteiger partial charge >= 0.3 is 0 Å². The Balaban J connectivity index is 3.98. The molecule has 0 unspecified atom stereocenters. The molecule has 5 N–H and O–H groups in total. The minimum atomic E-state index is -0.594. The highest BCUT2D eigenvalue weighted by Crippen LogP contribution is 2.20. The zero-order valence-corrected chi connectivity index (χ0v) is 13.0. The first-order chi connectivity index (χ1) is 9.19. The fourth-order valence-corrected chi connectivity index (χ4v) is 1.63. The second-order valence-electron chi connectivity index (χ2n) is 6.26. The molecule has 0 radical (unpaired) electrons. The molecule has 0 aliphatic carbocycles. The van der Waals surface area contributed by atoms with Crippen molar-refractivity contribution in [1.29, 1.82) is 0 Å². The van der Waals surface area contributed by atoms with Gasteiger partial charge in [-0.25, -0.2) is 0 Å². The van der Waals surface area contributed by atoms with Gasteiger partial charge in [-0.2, -0.15) is 0 Å². The molecule has 0 heterocycles. The standard InChI is InChI=1S/C14H29N3O3/c1-10(2)12(15)13(20)16-8-11(19)17-9-14(3,4)6-5-7-18/h10,12,18H,5-9,15H2,1-4H3,(H,16,20)(H,17,19)/t12-/m0/s1. The van der Waals surface area contributed by atoms with Gasteiger partial charge < -0.3 is 21.5 Å². The number of rotatable bonds is 9. The zero-order chi connectivity index (χ0) is 15.8. The number of nitrogens with two attached hydrogens (primary N) is 1. The number of carbonyl (C=O) groups excluding carboxylic acids is 2. The Morgan fingerprint density at radius 1 is 1.25 bits per heavy atom. The van der Waals surface area contributed by atoms with Gasteiger partial charge in [0.2, 0.25) is 11.8 Å². The van der Waals surface area contributed by atoms with E-state index in [-0.39, 0.29) is 36.3 Å². The van der Waals surface area contributed by atoms with E-state index in [1.807, 2.05) is 27.7 Å². The van der Waals surface area contributed by atoms with Crippen LogP contribution in [0, 0.1) is 11.3 Å². The Bertz CT molecular complexity index is 317. The highest BCUT2D eigenvalue weighted by molar-refractivity contribution is 5.87. The lowest BCUT2D eigenvalue weighted by molar-refractivity contribution is -0.127. The summed E-state index contributed by atoms with van der Waals surface area (Å²) in [5.41, 5.74) is 5.60.